The monoisotopic (exact) mass is 491 g/mol. The zero-order valence-electron chi connectivity index (χ0n) is 20.8. The SMILES string of the molecule is COc1ccccc1/C=C/C(=O)Nc1cc(C=Cc2cc(OC)c(OC)c(OC)c2)cc(O)c1OC. The Kier molecular flexibility index (Phi) is 8.83. The Balaban J connectivity index is 1.87. The van der Waals surface area contributed by atoms with Crippen LogP contribution in [0.2, 0.25) is 0 Å². The molecule has 0 aromatic heterocycles. The van der Waals surface area contributed by atoms with Crippen LogP contribution in [0.4, 0.5) is 5.69 Å². The molecule has 188 valence electrons. The van der Waals surface area contributed by atoms with E-state index in [0.29, 0.717) is 34.2 Å². The van der Waals surface area contributed by atoms with Gasteiger partial charge in [-0.05, 0) is 47.5 Å². The number of methoxy groups -OCH3 is 5. The molecule has 0 fully saturated rings. The zero-order valence-corrected chi connectivity index (χ0v) is 20.8. The predicted molar refractivity (Wildman–Crippen MR) is 140 cm³/mol. The number of rotatable bonds is 10. The van der Waals surface area contributed by atoms with Gasteiger partial charge < -0.3 is 34.1 Å². The summed E-state index contributed by atoms with van der Waals surface area (Å²) < 4.78 is 26.8. The van der Waals surface area contributed by atoms with Gasteiger partial charge in [0.25, 0.3) is 0 Å². The molecule has 0 aliphatic heterocycles. The number of carbonyl (C=O) groups excluding carboxylic acids is 1. The molecule has 0 atom stereocenters. The van der Waals surface area contributed by atoms with E-state index in [2.05, 4.69) is 5.32 Å². The van der Waals surface area contributed by atoms with Gasteiger partial charge >= 0.3 is 0 Å². The molecule has 0 heterocycles. The summed E-state index contributed by atoms with van der Waals surface area (Å²) in [6, 6.07) is 14.2. The Morgan fingerprint density at radius 3 is 1.89 bits per heavy atom. The van der Waals surface area contributed by atoms with E-state index in [9.17, 15) is 9.90 Å². The Hall–Kier alpha value is -4.59. The highest BCUT2D eigenvalue weighted by Crippen LogP contribution is 2.39. The summed E-state index contributed by atoms with van der Waals surface area (Å²) in [5.41, 5.74) is 2.49. The molecule has 0 unspecified atom stereocenters. The topological polar surface area (TPSA) is 95.5 Å². The molecule has 3 aromatic carbocycles. The van der Waals surface area contributed by atoms with Crippen LogP contribution in [0.25, 0.3) is 18.2 Å². The maximum absolute atomic E-state index is 12.6. The Morgan fingerprint density at radius 1 is 0.722 bits per heavy atom. The van der Waals surface area contributed by atoms with Crippen molar-refractivity contribution in [2.24, 2.45) is 0 Å². The quantitative estimate of drug-likeness (QED) is 0.295. The number of anilines is 1. The molecule has 0 radical (unpaired) electrons. The number of amides is 1. The van der Waals surface area contributed by atoms with Gasteiger partial charge in [0.2, 0.25) is 11.7 Å². The van der Waals surface area contributed by atoms with Gasteiger partial charge in [-0.2, -0.15) is 0 Å². The van der Waals surface area contributed by atoms with Gasteiger partial charge in [-0.15, -0.1) is 0 Å². The van der Waals surface area contributed by atoms with Crippen LogP contribution in [0.1, 0.15) is 16.7 Å². The molecule has 8 heteroatoms. The largest absolute Gasteiger partial charge is 0.504 e. The third-order valence-electron chi connectivity index (χ3n) is 5.26. The second kappa shape index (κ2) is 12.2. The number of hydrogen-bond acceptors (Lipinski definition) is 7. The van der Waals surface area contributed by atoms with Crippen molar-refractivity contribution in [3.8, 4) is 34.5 Å². The summed E-state index contributed by atoms with van der Waals surface area (Å²) in [5, 5.41) is 13.2. The maximum atomic E-state index is 12.6. The van der Waals surface area contributed by atoms with Crippen molar-refractivity contribution in [1.29, 1.82) is 0 Å². The Labute approximate surface area is 210 Å². The van der Waals surface area contributed by atoms with Crippen LogP contribution in [0.15, 0.2) is 54.6 Å². The first-order valence-corrected chi connectivity index (χ1v) is 10.9. The molecular weight excluding hydrogens is 462 g/mol. The number of hydrogen-bond donors (Lipinski definition) is 2. The summed E-state index contributed by atoms with van der Waals surface area (Å²) in [7, 11) is 7.61. The number of phenols is 1. The maximum Gasteiger partial charge on any atom is 0.248 e. The van der Waals surface area contributed by atoms with E-state index in [4.69, 9.17) is 23.7 Å². The van der Waals surface area contributed by atoms with Crippen LogP contribution in [0, 0.1) is 0 Å². The van der Waals surface area contributed by atoms with Gasteiger partial charge in [-0.3, -0.25) is 4.79 Å². The third kappa shape index (κ3) is 6.09. The molecule has 2 N–H and O–H groups in total. The molecule has 1 amide bonds. The van der Waals surface area contributed by atoms with Crippen molar-refractivity contribution in [2.75, 3.05) is 40.9 Å². The highest BCUT2D eigenvalue weighted by molar-refractivity contribution is 6.03. The van der Waals surface area contributed by atoms with Crippen LogP contribution >= 0.6 is 0 Å². The van der Waals surface area contributed by atoms with E-state index in [1.54, 1.807) is 51.7 Å². The fourth-order valence-electron chi connectivity index (χ4n) is 3.57. The third-order valence-corrected chi connectivity index (χ3v) is 5.26. The minimum Gasteiger partial charge on any atom is -0.504 e. The van der Waals surface area contributed by atoms with Crippen molar-refractivity contribution < 1.29 is 33.6 Å². The summed E-state index contributed by atoms with van der Waals surface area (Å²) in [6.07, 6.45) is 6.63. The number of carbonyl (C=O) groups is 1. The Bertz CT molecular complexity index is 1260. The van der Waals surface area contributed by atoms with Gasteiger partial charge in [0, 0.05) is 11.6 Å². The summed E-state index contributed by atoms with van der Waals surface area (Å²) >= 11 is 0. The van der Waals surface area contributed by atoms with E-state index in [1.807, 2.05) is 30.3 Å². The normalized spacial score (nSPS) is 10.9. The predicted octanol–water partition coefficient (Wildman–Crippen LogP) is 5.26. The molecule has 0 saturated heterocycles. The molecular formula is C28H29NO7. The first kappa shape index (κ1) is 26.0. The van der Waals surface area contributed by atoms with Crippen molar-refractivity contribution in [1.82, 2.24) is 0 Å². The summed E-state index contributed by atoms with van der Waals surface area (Å²) in [4.78, 5) is 12.6. The fraction of sp³-hybridized carbons (Fsp3) is 0.179. The molecule has 36 heavy (non-hydrogen) atoms. The van der Waals surface area contributed by atoms with E-state index < -0.39 is 5.91 Å². The number of ether oxygens (including phenoxy) is 5. The smallest absolute Gasteiger partial charge is 0.248 e. The fourth-order valence-corrected chi connectivity index (χ4v) is 3.57. The first-order valence-electron chi connectivity index (χ1n) is 10.9. The second-order valence-corrected chi connectivity index (χ2v) is 7.48. The number of benzene rings is 3. The van der Waals surface area contributed by atoms with Gasteiger partial charge in [0.15, 0.2) is 23.0 Å². The van der Waals surface area contributed by atoms with Crippen molar-refractivity contribution in [3.63, 3.8) is 0 Å². The lowest BCUT2D eigenvalue weighted by Crippen LogP contribution is -2.09. The number of para-hydroxylation sites is 1. The average Bonchev–Trinajstić information content (AvgIpc) is 2.90. The number of phenolic OH excluding ortho intramolecular Hbond substituents is 1. The van der Waals surface area contributed by atoms with Crippen molar-refractivity contribution in [2.45, 2.75) is 0 Å². The zero-order chi connectivity index (χ0) is 26.1. The van der Waals surface area contributed by atoms with E-state index in [1.165, 1.54) is 26.4 Å². The second-order valence-electron chi connectivity index (χ2n) is 7.48. The standard InChI is InChI=1S/C28H29NO7/c1-32-23-9-7-6-8-20(23)12-13-26(31)29-21-14-18(15-22(30)27(21)35-4)10-11-19-16-24(33-2)28(36-5)25(17-19)34-3/h6-17,30H,1-5H3,(H,29,31)/b11-10?,13-12+. The van der Waals surface area contributed by atoms with Crippen LogP contribution < -0.4 is 29.0 Å². The molecule has 8 nitrogen and oxygen atoms in total. The lowest BCUT2D eigenvalue weighted by Gasteiger charge is -2.13. The lowest BCUT2D eigenvalue weighted by molar-refractivity contribution is -0.111. The van der Waals surface area contributed by atoms with Gasteiger partial charge in [0.05, 0.1) is 41.2 Å². The molecule has 0 bridgehead atoms. The molecule has 0 aliphatic carbocycles. The van der Waals surface area contributed by atoms with Crippen LogP contribution in [0.3, 0.4) is 0 Å². The van der Waals surface area contributed by atoms with Crippen LogP contribution in [-0.2, 0) is 4.79 Å². The molecule has 0 aliphatic rings. The lowest BCUT2D eigenvalue weighted by atomic mass is 10.1. The highest BCUT2D eigenvalue weighted by Gasteiger charge is 2.14. The summed E-state index contributed by atoms with van der Waals surface area (Å²) in [6.45, 7) is 0. The van der Waals surface area contributed by atoms with E-state index >= 15 is 0 Å². The van der Waals surface area contributed by atoms with Crippen LogP contribution in [0.5, 0.6) is 34.5 Å². The minimum atomic E-state index is -0.399. The first-order chi connectivity index (χ1) is 17.4. The van der Waals surface area contributed by atoms with Crippen LogP contribution in [-0.4, -0.2) is 46.6 Å². The summed E-state index contributed by atoms with van der Waals surface area (Å²) in [5.74, 6) is 1.81. The molecule has 0 spiro atoms. The number of aromatic hydroxyl groups is 1. The van der Waals surface area contributed by atoms with Crippen molar-refractivity contribution in [3.05, 3.63) is 71.3 Å². The van der Waals surface area contributed by atoms with E-state index in [0.717, 1.165) is 11.1 Å². The van der Waals surface area contributed by atoms with E-state index in [-0.39, 0.29) is 11.5 Å². The molecule has 3 rings (SSSR count). The van der Waals surface area contributed by atoms with Crippen molar-refractivity contribution >= 4 is 29.8 Å². The van der Waals surface area contributed by atoms with Gasteiger partial charge in [0.1, 0.15) is 5.75 Å². The average molecular weight is 492 g/mol. The van der Waals surface area contributed by atoms with Gasteiger partial charge in [-0.25, -0.2) is 0 Å². The minimum absolute atomic E-state index is 0.117. The molecule has 3 aromatic rings. The van der Waals surface area contributed by atoms with Gasteiger partial charge in [-0.1, -0.05) is 30.4 Å². The highest BCUT2D eigenvalue weighted by atomic mass is 16.5. The number of nitrogens with one attached hydrogen (secondary N) is 1. The Morgan fingerprint density at radius 2 is 1.31 bits per heavy atom. The molecule has 0 saturated carbocycles.